The number of nitrogens with one attached hydrogen (secondary N) is 2. The molecule has 126 valence electrons. The van der Waals surface area contributed by atoms with E-state index >= 15 is 0 Å². The molecule has 0 bridgehead atoms. The Labute approximate surface area is 131 Å². The summed E-state index contributed by atoms with van der Waals surface area (Å²) >= 11 is 0. The summed E-state index contributed by atoms with van der Waals surface area (Å²) in [7, 11) is 1.26. The summed E-state index contributed by atoms with van der Waals surface area (Å²) in [5.41, 5.74) is -0.645. The van der Waals surface area contributed by atoms with Crippen molar-refractivity contribution < 1.29 is 23.9 Å². The summed E-state index contributed by atoms with van der Waals surface area (Å²) in [5, 5.41) is 5.31. The largest absolute Gasteiger partial charge is 0.467 e. The van der Waals surface area contributed by atoms with Crippen LogP contribution in [0.15, 0.2) is 0 Å². The van der Waals surface area contributed by atoms with Gasteiger partial charge in [0.25, 0.3) is 0 Å². The Hall–Kier alpha value is -1.79. The monoisotopic (exact) mass is 314 g/mol. The first-order chi connectivity index (χ1) is 10.2. The predicted octanol–water partition coefficient (Wildman–Crippen LogP) is 1.36. The van der Waals surface area contributed by atoms with Gasteiger partial charge in [0.1, 0.15) is 11.6 Å². The molecule has 7 heteroatoms. The highest BCUT2D eigenvalue weighted by Gasteiger charge is 2.28. The minimum absolute atomic E-state index is 0.00661. The van der Waals surface area contributed by atoms with Crippen molar-refractivity contribution in [1.82, 2.24) is 10.6 Å². The van der Waals surface area contributed by atoms with E-state index in [0.717, 1.165) is 12.8 Å². The van der Waals surface area contributed by atoms with Crippen LogP contribution >= 0.6 is 0 Å². The van der Waals surface area contributed by atoms with Gasteiger partial charge in [-0.1, -0.05) is 0 Å². The van der Waals surface area contributed by atoms with Crippen molar-refractivity contribution in [3.05, 3.63) is 0 Å². The van der Waals surface area contributed by atoms with E-state index in [-0.39, 0.29) is 11.8 Å². The number of ether oxygens (including phenoxy) is 2. The molecule has 0 aromatic carbocycles. The van der Waals surface area contributed by atoms with Crippen molar-refractivity contribution in [2.75, 3.05) is 13.7 Å². The molecule has 1 saturated heterocycles. The molecule has 0 spiro atoms. The summed E-state index contributed by atoms with van der Waals surface area (Å²) in [6.45, 7) is 5.93. The number of carbonyl (C=O) groups is 3. The van der Waals surface area contributed by atoms with E-state index in [4.69, 9.17) is 9.47 Å². The van der Waals surface area contributed by atoms with Gasteiger partial charge in [0.05, 0.1) is 7.11 Å². The molecule has 22 heavy (non-hydrogen) atoms. The molecule has 1 fully saturated rings. The maximum absolute atomic E-state index is 11.8. The maximum atomic E-state index is 11.8. The summed E-state index contributed by atoms with van der Waals surface area (Å²) in [4.78, 5) is 35.3. The van der Waals surface area contributed by atoms with Gasteiger partial charge in [-0.3, -0.25) is 4.79 Å². The fourth-order valence-electron chi connectivity index (χ4n) is 2.32. The Morgan fingerprint density at radius 1 is 1.41 bits per heavy atom. The van der Waals surface area contributed by atoms with Crippen LogP contribution in [0.5, 0.6) is 0 Å². The highest BCUT2D eigenvalue weighted by molar-refractivity contribution is 5.82. The van der Waals surface area contributed by atoms with Crippen LogP contribution in [-0.4, -0.2) is 43.3 Å². The molecule has 2 amide bonds. The SMILES string of the molecule is COC(=O)[C@H](CC[C@@H]1CCCNC1=O)NC(=O)OC(C)(C)C. The third-order valence-electron chi connectivity index (χ3n) is 3.38. The molecule has 2 atom stereocenters. The zero-order valence-corrected chi connectivity index (χ0v) is 13.7. The number of amides is 2. The highest BCUT2D eigenvalue weighted by Crippen LogP contribution is 2.19. The van der Waals surface area contributed by atoms with Crippen LogP contribution in [0.3, 0.4) is 0 Å². The molecule has 1 aliphatic rings. The molecule has 0 aromatic rings. The first kappa shape index (κ1) is 18.3. The molecular formula is C15H26N2O5. The fraction of sp³-hybridized carbons (Fsp3) is 0.800. The van der Waals surface area contributed by atoms with Crippen molar-refractivity contribution in [2.24, 2.45) is 5.92 Å². The van der Waals surface area contributed by atoms with Gasteiger partial charge in [-0.15, -0.1) is 0 Å². The lowest BCUT2D eigenvalue weighted by Gasteiger charge is -2.25. The number of hydrogen-bond acceptors (Lipinski definition) is 5. The van der Waals surface area contributed by atoms with Gasteiger partial charge >= 0.3 is 12.1 Å². The second-order valence-corrected chi connectivity index (χ2v) is 6.43. The van der Waals surface area contributed by atoms with Crippen molar-refractivity contribution in [1.29, 1.82) is 0 Å². The van der Waals surface area contributed by atoms with Crippen molar-refractivity contribution in [3.8, 4) is 0 Å². The third-order valence-corrected chi connectivity index (χ3v) is 3.38. The van der Waals surface area contributed by atoms with Crippen LogP contribution in [0.25, 0.3) is 0 Å². The Kier molecular flexibility index (Phi) is 6.64. The summed E-state index contributed by atoms with van der Waals surface area (Å²) < 4.78 is 9.84. The molecule has 1 heterocycles. The normalized spacial score (nSPS) is 19.8. The third kappa shape index (κ3) is 6.32. The van der Waals surface area contributed by atoms with Crippen LogP contribution in [0.2, 0.25) is 0 Å². The summed E-state index contributed by atoms with van der Waals surface area (Å²) in [5.74, 6) is -0.657. The van der Waals surface area contributed by atoms with Crippen molar-refractivity contribution in [3.63, 3.8) is 0 Å². The van der Waals surface area contributed by atoms with Gasteiger partial charge in [0, 0.05) is 12.5 Å². The van der Waals surface area contributed by atoms with E-state index in [1.165, 1.54) is 7.11 Å². The average molecular weight is 314 g/mol. The number of carbonyl (C=O) groups excluding carboxylic acids is 3. The van der Waals surface area contributed by atoms with Crippen LogP contribution in [0.4, 0.5) is 4.79 Å². The molecule has 0 saturated carbocycles. The average Bonchev–Trinajstić information content (AvgIpc) is 2.42. The van der Waals surface area contributed by atoms with Crippen LogP contribution in [-0.2, 0) is 19.1 Å². The van der Waals surface area contributed by atoms with E-state index in [9.17, 15) is 14.4 Å². The lowest BCUT2D eigenvalue weighted by molar-refractivity contribution is -0.143. The molecular weight excluding hydrogens is 288 g/mol. The Morgan fingerprint density at radius 2 is 2.09 bits per heavy atom. The van der Waals surface area contributed by atoms with E-state index in [1.807, 2.05) is 0 Å². The van der Waals surface area contributed by atoms with Gasteiger partial charge < -0.3 is 20.1 Å². The second kappa shape index (κ2) is 8.00. The lowest BCUT2D eigenvalue weighted by Crippen LogP contribution is -2.45. The predicted molar refractivity (Wildman–Crippen MR) is 80.1 cm³/mol. The lowest BCUT2D eigenvalue weighted by atomic mass is 9.92. The second-order valence-electron chi connectivity index (χ2n) is 6.43. The van der Waals surface area contributed by atoms with E-state index in [2.05, 4.69) is 10.6 Å². The van der Waals surface area contributed by atoms with Gasteiger partial charge in [0.15, 0.2) is 0 Å². The molecule has 0 aliphatic carbocycles. The molecule has 0 unspecified atom stereocenters. The molecule has 2 N–H and O–H groups in total. The van der Waals surface area contributed by atoms with Crippen LogP contribution in [0, 0.1) is 5.92 Å². The Morgan fingerprint density at radius 3 is 2.64 bits per heavy atom. The number of alkyl carbamates (subject to hydrolysis) is 1. The quantitative estimate of drug-likeness (QED) is 0.747. The number of hydrogen-bond donors (Lipinski definition) is 2. The summed E-state index contributed by atoms with van der Waals surface area (Å²) in [6, 6.07) is -0.811. The number of esters is 1. The van der Waals surface area contributed by atoms with Gasteiger partial charge in [-0.2, -0.15) is 0 Å². The molecule has 0 radical (unpaired) electrons. The maximum Gasteiger partial charge on any atom is 0.408 e. The zero-order valence-electron chi connectivity index (χ0n) is 13.7. The first-order valence-electron chi connectivity index (χ1n) is 7.58. The minimum Gasteiger partial charge on any atom is -0.467 e. The number of piperidine rings is 1. The van der Waals surface area contributed by atoms with Crippen LogP contribution < -0.4 is 10.6 Å². The van der Waals surface area contributed by atoms with E-state index < -0.39 is 23.7 Å². The van der Waals surface area contributed by atoms with E-state index in [1.54, 1.807) is 20.8 Å². The van der Waals surface area contributed by atoms with E-state index in [0.29, 0.717) is 19.4 Å². The first-order valence-corrected chi connectivity index (χ1v) is 7.58. The van der Waals surface area contributed by atoms with Crippen molar-refractivity contribution in [2.45, 2.75) is 58.1 Å². The van der Waals surface area contributed by atoms with Crippen LogP contribution in [0.1, 0.15) is 46.5 Å². The Balaban J connectivity index is 2.55. The van der Waals surface area contributed by atoms with Gasteiger partial charge in [-0.25, -0.2) is 9.59 Å². The topological polar surface area (TPSA) is 93.7 Å². The molecule has 0 aromatic heterocycles. The molecule has 1 aliphatic heterocycles. The molecule has 7 nitrogen and oxygen atoms in total. The Bertz CT molecular complexity index is 417. The van der Waals surface area contributed by atoms with Gasteiger partial charge in [0.2, 0.25) is 5.91 Å². The fourth-order valence-corrected chi connectivity index (χ4v) is 2.32. The standard InChI is InChI=1S/C15H26N2O5/c1-15(2,3)22-14(20)17-11(13(19)21-4)8-7-10-6-5-9-16-12(10)18/h10-11H,5-9H2,1-4H3,(H,16,18)(H,17,20)/t10-,11-/m0/s1. The van der Waals surface area contributed by atoms with Gasteiger partial charge in [-0.05, 0) is 46.5 Å². The molecule has 1 rings (SSSR count). The number of methoxy groups -OCH3 is 1. The summed E-state index contributed by atoms with van der Waals surface area (Å²) in [6.07, 6.45) is 1.91. The van der Waals surface area contributed by atoms with Crippen molar-refractivity contribution >= 4 is 18.0 Å². The zero-order chi connectivity index (χ0) is 16.8. The smallest absolute Gasteiger partial charge is 0.408 e. The minimum atomic E-state index is -0.811. The highest BCUT2D eigenvalue weighted by atomic mass is 16.6. The number of rotatable bonds is 5.